The highest BCUT2D eigenvalue weighted by Crippen LogP contribution is 2.27. The number of hydrogen-bond donors (Lipinski definition) is 1. The van der Waals surface area contributed by atoms with Gasteiger partial charge in [0.25, 0.3) is 10.0 Å². The second kappa shape index (κ2) is 12.7. The van der Waals surface area contributed by atoms with Crippen LogP contribution in [0.4, 0.5) is 5.69 Å². The van der Waals surface area contributed by atoms with Gasteiger partial charge in [-0.1, -0.05) is 73.2 Å². The van der Waals surface area contributed by atoms with E-state index in [1.165, 1.54) is 17.0 Å². The highest BCUT2D eigenvalue weighted by molar-refractivity contribution is 7.92. The Hall–Kier alpha value is -3.65. The Kier molecular flexibility index (Phi) is 9.69. The molecule has 2 amide bonds. The van der Waals surface area contributed by atoms with Gasteiger partial charge in [-0.15, -0.1) is 0 Å². The van der Waals surface area contributed by atoms with E-state index in [0.717, 1.165) is 21.9 Å². The SMILES string of the molecule is CC[C@@H](C)NC(=O)[C@@H](C)N(Cc1cccc(C)c1)C(=O)CN(c1ccccc1C)S(=O)(=O)c1ccccc1. The molecular weight excluding hydrogens is 498 g/mol. The molecule has 0 spiro atoms. The van der Waals surface area contributed by atoms with Crippen molar-refractivity contribution in [3.8, 4) is 0 Å². The minimum absolute atomic E-state index is 0.0530. The van der Waals surface area contributed by atoms with Crippen LogP contribution >= 0.6 is 0 Å². The molecule has 38 heavy (non-hydrogen) atoms. The Morgan fingerprint density at radius 3 is 2.18 bits per heavy atom. The van der Waals surface area contributed by atoms with Gasteiger partial charge in [-0.05, 0) is 63.4 Å². The Balaban J connectivity index is 2.03. The normalized spacial score (nSPS) is 12.9. The monoisotopic (exact) mass is 535 g/mol. The molecule has 2 atom stereocenters. The summed E-state index contributed by atoms with van der Waals surface area (Å²) in [6.07, 6.45) is 0.751. The van der Waals surface area contributed by atoms with Crippen molar-refractivity contribution in [1.29, 1.82) is 0 Å². The average molecular weight is 536 g/mol. The average Bonchev–Trinajstić information content (AvgIpc) is 2.90. The van der Waals surface area contributed by atoms with Gasteiger partial charge in [0, 0.05) is 12.6 Å². The van der Waals surface area contributed by atoms with Crippen LogP contribution in [0.5, 0.6) is 0 Å². The van der Waals surface area contributed by atoms with Gasteiger partial charge in [0.15, 0.2) is 0 Å². The molecule has 0 aromatic heterocycles. The molecule has 202 valence electrons. The van der Waals surface area contributed by atoms with E-state index >= 15 is 0 Å². The van der Waals surface area contributed by atoms with Gasteiger partial charge in [0.2, 0.25) is 11.8 Å². The Morgan fingerprint density at radius 2 is 1.55 bits per heavy atom. The van der Waals surface area contributed by atoms with Gasteiger partial charge in [-0.2, -0.15) is 0 Å². The summed E-state index contributed by atoms with van der Waals surface area (Å²) in [5, 5.41) is 2.95. The van der Waals surface area contributed by atoms with Gasteiger partial charge >= 0.3 is 0 Å². The summed E-state index contributed by atoms with van der Waals surface area (Å²) in [4.78, 5) is 28.6. The number of sulfonamides is 1. The molecule has 8 heteroatoms. The number of nitrogens with zero attached hydrogens (tertiary/aromatic N) is 2. The summed E-state index contributed by atoms with van der Waals surface area (Å²) in [6, 6.07) is 22.0. The second-order valence-corrected chi connectivity index (χ2v) is 11.5. The highest BCUT2D eigenvalue weighted by Gasteiger charge is 2.33. The third-order valence-corrected chi connectivity index (χ3v) is 8.37. The zero-order chi connectivity index (χ0) is 27.9. The molecule has 0 saturated heterocycles. The molecule has 0 unspecified atom stereocenters. The van der Waals surface area contributed by atoms with Gasteiger partial charge in [-0.3, -0.25) is 13.9 Å². The standard InChI is InChI=1S/C30H37N3O4S/c1-6-24(4)31-30(35)25(5)32(20-26-15-12-13-22(2)19-26)29(34)21-33(28-18-11-10-14-23(28)3)38(36,37)27-16-8-7-9-17-27/h7-19,24-25H,6,20-21H2,1-5H3,(H,31,35)/t24-,25-/m1/s1. The maximum Gasteiger partial charge on any atom is 0.264 e. The number of para-hydroxylation sites is 1. The van der Waals surface area contributed by atoms with Crippen molar-refractivity contribution in [2.24, 2.45) is 0 Å². The number of anilines is 1. The lowest BCUT2D eigenvalue weighted by atomic mass is 10.1. The van der Waals surface area contributed by atoms with E-state index in [-0.39, 0.29) is 23.4 Å². The zero-order valence-electron chi connectivity index (χ0n) is 22.7. The first-order valence-electron chi connectivity index (χ1n) is 12.8. The first-order valence-corrected chi connectivity index (χ1v) is 14.3. The number of carbonyl (C=O) groups is 2. The lowest BCUT2D eigenvalue weighted by Gasteiger charge is -2.33. The lowest BCUT2D eigenvalue weighted by molar-refractivity contribution is -0.139. The second-order valence-electron chi connectivity index (χ2n) is 9.62. The van der Waals surface area contributed by atoms with Crippen LogP contribution in [-0.4, -0.2) is 43.8 Å². The zero-order valence-corrected chi connectivity index (χ0v) is 23.5. The fourth-order valence-electron chi connectivity index (χ4n) is 4.13. The number of carbonyl (C=O) groups excluding carboxylic acids is 2. The first kappa shape index (κ1) is 28.9. The minimum atomic E-state index is -4.07. The number of amides is 2. The van der Waals surface area contributed by atoms with Gasteiger partial charge in [0.1, 0.15) is 12.6 Å². The summed E-state index contributed by atoms with van der Waals surface area (Å²) in [5.74, 6) is -0.755. The Morgan fingerprint density at radius 1 is 0.895 bits per heavy atom. The van der Waals surface area contributed by atoms with Gasteiger partial charge in [-0.25, -0.2) is 8.42 Å². The predicted octanol–water partition coefficient (Wildman–Crippen LogP) is 4.83. The van der Waals surface area contributed by atoms with E-state index in [9.17, 15) is 18.0 Å². The van der Waals surface area contributed by atoms with E-state index in [2.05, 4.69) is 5.32 Å². The van der Waals surface area contributed by atoms with E-state index in [0.29, 0.717) is 11.3 Å². The van der Waals surface area contributed by atoms with Gasteiger partial charge < -0.3 is 10.2 Å². The molecule has 0 saturated carbocycles. The third-order valence-electron chi connectivity index (χ3n) is 6.60. The molecule has 7 nitrogen and oxygen atoms in total. The summed E-state index contributed by atoms with van der Waals surface area (Å²) in [6.45, 7) is 9.04. The van der Waals surface area contributed by atoms with E-state index in [1.54, 1.807) is 50.2 Å². The molecule has 0 aliphatic rings. The van der Waals surface area contributed by atoms with Crippen molar-refractivity contribution in [3.63, 3.8) is 0 Å². The molecule has 0 heterocycles. The fourth-order valence-corrected chi connectivity index (χ4v) is 5.63. The fraction of sp³-hybridized carbons (Fsp3) is 0.333. The Labute approximate surface area is 226 Å². The predicted molar refractivity (Wildman–Crippen MR) is 151 cm³/mol. The van der Waals surface area contributed by atoms with Crippen LogP contribution in [0.1, 0.15) is 43.9 Å². The summed E-state index contributed by atoms with van der Waals surface area (Å²) in [5.41, 5.74) is 3.01. The number of benzene rings is 3. The minimum Gasteiger partial charge on any atom is -0.352 e. The van der Waals surface area contributed by atoms with Crippen molar-refractivity contribution in [3.05, 3.63) is 95.6 Å². The molecule has 0 bridgehead atoms. The number of rotatable bonds is 11. The van der Waals surface area contributed by atoms with E-state index < -0.39 is 28.5 Å². The highest BCUT2D eigenvalue weighted by atomic mass is 32.2. The smallest absolute Gasteiger partial charge is 0.264 e. The lowest BCUT2D eigenvalue weighted by Crippen LogP contribution is -2.52. The van der Waals surface area contributed by atoms with E-state index in [4.69, 9.17) is 0 Å². The maximum absolute atomic E-state index is 13.9. The van der Waals surface area contributed by atoms with Crippen molar-refractivity contribution in [1.82, 2.24) is 10.2 Å². The molecule has 0 radical (unpaired) electrons. The van der Waals surface area contributed by atoms with E-state index in [1.807, 2.05) is 51.1 Å². The number of nitrogens with one attached hydrogen (secondary N) is 1. The number of aryl methyl sites for hydroxylation is 2. The maximum atomic E-state index is 13.9. The van der Waals surface area contributed by atoms with Crippen molar-refractivity contribution < 1.29 is 18.0 Å². The third kappa shape index (κ3) is 7.01. The van der Waals surface area contributed by atoms with Crippen LogP contribution in [0.3, 0.4) is 0 Å². The molecule has 3 rings (SSSR count). The molecule has 3 aromatic rings. The quantitative estimate of drug-likeness (QED) is 0.381. The van der Waals surface area contributed by atoms with Crippen LogP contribution in [-0.2, 0) is 26.2 Å². The molecule has 0 aliphatic carbocycles. The molecule has 0 fully saturated rings. The topological polar surface area (TPSA) is 86.8 Å². The molecule has 1 N–H and O–H groups in total. The van der Waals surface area contributed by atoms with Crippen LogP contribution in [0.25, 0.3) is 0 Å². The first-order chi connectivity index (χ1) is 18.0. The summed E-state index contributed by atoms with van der Waals surface area (Å²) in [7, 11) is -4.07. The summed E-state index contributed by atoms with van der Waals surface area (Å²) < 4.78 is 28.8. The summed E-state index contributed by atoms with van der Waals surface area (Å²) >= 11 is 0. The van der Waals surface area contributed by atoms with Crippen LogP contribution in [0, 0.1) is 13.8 Å². The molecule has 0 aliphatic heterocycles. The van der Waals surface area contributed by atoms with Crippen molar-refractivity contribution in [2.45, 2.75) is 64.6 Å². The number of hydrogen-bond acceptors (Lipinski definition) is 4. The van der Waals surface area contributed by atoms with Crippen molar-refractivity contribution >= 4 is 27.5 Å². The van der Waals surface area contributed by atoms with Crippen LogP contribution in [0.2, 0.25) is 0 Å². The van der Waals surface area contributed by atoms with Crippen LogP contribution < -0.4 is 9.62 Å². The van der Waals surface area contributed by atoms with Crippen LogP contribution in [0.15, 0.2) is 83.8 Å². The van der Waals surface area contributed by atoms with Gasteiger partial charge in [0.05, 0.1) is 10.6 Å². The largest absolute Gasteiger partial charge is 0.352 e. The Bertz CT molecular complexity index is 1360. The molecular formula is C30H37N3O4S. The molecule has 3 aromatic carbocycles. The van der Waals surface area contributed by atoms with Crippen molar-refractivity contribution in [2.75, 3.05) is 10.8 Å².